The van der Waals surface area contributed by atoms with Gasteiger partial charge in [-0.25, -0.2) is 0 Å². The monoisotopic (exact) mass is 630 g/mol. The van der Waals surface area contributed by atoms with E-state index in [1.165, 1.54) is 0 Å². The highest BCUT2D eigenvalue weighted by Gasteiger charge is 2.52. The molecule has 0 atom stereocenters. The van der Waals surface area contributed by atoms with Gasteiger partial charge in [-0.2, -0.15) is 0 Å². The molecule has 0 fully saturated rings. The lowest BCUT2D eigenvalue weighted by molar-refractivity contribution is 0.482. The molecule has 0 aromatic heterocycles. The number of benzene rings is 4. The molecule has 0 aliphatic rings. The average Bonchev–Trinajstić information content (AvgIpc) is 3.03. The third kappa shape index (κ3) is 8.59. The summed E-state index contributed by atoms with van der Waals surface area (Å²) in [5.41, 5.74) is 10.7. The summed E-state index contributed by atoms with van der Waals surface area (Å²) in [6.45, 7) is 18.2. The Morgan fingerprint density at radius 1 is 0.400 bits per heavy atom. The van der Waals surface area contributed by atoms with E-state index in [2.05, 4.69) is 78.3 Å². The molecule has 0 aliphatic heterocycles. The van der Waals surface area contributed by atoms with Gasteiger partial charge in [0.1, 0.15) is 23.0 Å². The standard InChI is InChI=1S/C40H46O3Si2/c1-31(2)44(32(3)4,29-27-35-19-23-39(24-20-35)41-37-15-11-9-12-16-37)43-45(33(5)6,34(7)8)30-28-36-21-25-40(26-22-36)42-38-17-13-10-14-18-38/h9-26,31-34H,1-8H3. The largest absolute Gasteiger partial charge is 0.457 e. The van der Waals surface area contributed by atoms with Gasteiger partial charge in [0.25, 0.3) is 16.6 Å². The Morgan fingerprint density at radius 2 is 0.689 bits per heavy atom. The SMILES string of the molecule is CC(C)[Si](C#Cc1ccc(Oc2ccccc2)cc1)(O[Si](C#Cc1ccc(Oc2ccccc2)cc1)(C(C)C)C(C)C)C(C)C. The predicted molar refractivity (Wildman–Crippen MR) is 193 cm³/mol. The Balaban J connectivity index is 1.63. The normalized spacial score (nSPS) is 11.6. The van der Waals surface area contributed by atoms with Gasteiger partial charge >= 0.3 is 0 Å². The minimum absolute atomic E-state index is 0.297. The van der Waals surface area contributed by atoms with E-state index in [0.29, 0.717) is 22.2 Å². The summed E-state index contributed by atoms with van der Waals surface area (Å²) >= 11 is 0. The van der Waals surface area contributed by atoms with Crippen LogP contribution in [0.4, 0.5) is 0 Å². The van der Waals surface area contributed by atoms with E-state index in [1.54, 1.807) is 0 Å². The number of hydrogen-bond donors (Lipinski definition) is 0. The fraction of sp³-hybridized carbons (Fsp3) is 0.300. The molecule has 232 valence electrons. The highest BCUT2D eigenvalue weighted by Crippen LogP contribution is 2.42. The lowest BCUT2D eigenvalue weighted by atomic mass is 10.2. The molecule has 0 bridgehead atoms. The van der Waals surface area contributed by atoms with Crippen LogP contribution in [0, 0.1) is 22.9 Å². The van der Waals surface area contributed by atoms with E-state index < -0.39 is 16.6 Å². The molecule has 4 rings (SSSR count). The Morgan fingerprint density at radius 3 is 0.978 bits per heavy atom. The van der Waals surface area contributed by atoms with Crippen LogP contribution in [0.1, 0.15) is 66.5 Å². The van der Waals surface area contributed by atoms with Gasteiger partial charge in [-0.1, -0.05) is 115 Å². The van der Waals surface area contributed by atoms with E-state index in [4.69, 9.17) is 13.6 Å². The van der Waals surface area contributed by atoms with Gasteiger partial charge in [-0.3, -0.25) is 0 Å². The van der Waals surface area contributed by atoms with Gasteiger partial charge < -0.3 is 13.6 Å². The van der Waals surface area contributed by atoms with Crippen molar-refractivity contribution in [2.24, 2.45) is 0 Å². The minimum Gasteiger partial charge on any atom is -0.457 e. The van der Waals surface area contributed by atoms with E-state index >= 15 is 0 Å². The molecule has 0 N–H and O–H groups in total. The average molecular weight is 631 g/mol. The maximum atomic E-state index is 7.60. The fourth-order valence-corrected chi connectivity index (χ4v) is 16.4. The van der Waals surface area contributed by atoms with Crippen LogP contribution in [0.5, 0.6) is 23.0 Å². The fourth-order valence-electron chi connectivity index (χ4n) is 5.51. The van der Waals surface area contributed by atoms with Crippen molar-refractivity contribution < 1.29 is 13.6 Å². The maximum absolute atomic E-state index is 7.60. The Labute approximate surface area is 273 Å². The first kappa shape index (κ1) is 33.9. The second-order valence-corrected chi connectivity index (χ2v) is 21.8. The smallest absolute Gasteiger partial charge is 0.268 e. The van der Waals surface area contributed by atoms with Crippen LogP contribution in [0.3, 0.4) is 0 Å². The summed E-state index contributed by atoms with van der Waals surface area (Å²) in [6.07, 6.45) is 0. The molecular formula is C40H46O3Si2. The van der Waals surface area contributed by atoms with Gasteiger partial charge in [-0.15, -0.1) is 0 Å². The summed E-state index contributed by atoms with van der Waals surface area (Å²) in [7, 11) is -5.22. The van der Waals surface area contributed by atoms with Crippen molar-refractivity contribution in [3.8, 4) is 45.9 Å². The molecule has 0 amide bonds. The van der Waals surface area contributed by atoms with Crippen LogP contribution in [-0.4, -0.2) is 16.6 Å². The predicted octanol–water partition coefficient (Wildman–Crippen LogP) is 11.3. The highest BCUT2D eigenvalue weighted by molar-refractivity contribution is 6.96. The molecule has 45 heavy (non-hydrogen) atoms. The van der Waals surface area contributed by atoms with Crippen molar-refractivity contribution in [3.05, 3.63) is 120 Å². The first-order valence-electron chi connectivity index (χ1n) is 16.0. The van der Waals surface area contributed by atoms with Gasteiger partial charge in [0, 0.05) is 11.1 Å². The molecule has 0 saturated carbocycles. The molecule has 5 heteroatoms. The van der Waals surface area contributed by atoms with E-state index in [-0.39, 0.29) is 0 Å². The number of rotatable bonds is 10. The quantitative estimate of drug-likeness (QED) is 0.129. The molecule has 0 aliphatic carbocycles. The molecule has 3 nitrogen and oxygen atoms in total. The molecule has 0 radical (unpaired) electrons. The number of para-hydroxylation sites is 2. The molecular weight excluding hydrogens is 585 g/mol. The second-order valence-electron chi connectivity index (χ2n) is 12.7. The number of hydrogen-bond acceptors (Lipinski definition) is 3. The molecule has 4 aromatic carbocycles. The Hall–Kier alpha value is -4.01. The van der Waals surface area contributed by atoms with Crippen molar-refractivity contribution in [1.82, 2.24) is 0 Å². The van der Waals surface area contributed by atoms with E-state index in [9.17, 15) is 0 Å². The van der Waals surface area contributed by atoms with Crippen molar-refractivity contribution in [1.29, 1.82) is 0 Å². The van der Waals surface area contributed by atoms with E-state index in [1.807, 2.05) is 109 Å². The van der Waals surface area contributed by atoms with Crippen LogP contribution >= 0.6 is 0 Å². The first-order valence-corrected chi connectivity index (χ1v) is 20.1. The summed E-state index contributed by atoms with van der Waals surface area (Å²) in [5.74, 6) is 10.3. The lowest BCUT2D eigenvalue weighted by Crippen LogP contribution is -2.57. The molecule has 4 aromatic rings. The zero-order valence-corrected chi connectivity index (χ0v) is 29.9. The summed E-state index contributed by atoms with van der Waals surface area (Å²) < 4.78 is 19.6. The second kappa shape index (κ2) is 15.3. The van der Waals surface area contributed by atoms with Crippen molar-refractivity contribution in [2.45, 2.75) is 77.6 Å². The van der Waals surface area contributed by atoms with Crippen molar-refractivity contribution in [2.75, 3.05) is 0 Å². The summed E-state index contributed by atoms with van der Waals surface area (Å²) in [5, 5.41) is 0. The first-order chi connectivity index (χ1) is 21.5. The molecule has 0 spiro atoms. The van der Waals surface area contributed by atoms with Gasteiger partial charge in [0.15, 0.2) is 0 Å². The molecule has 0 saturated heterocycles. The third-order valence-corrected chi connectivity index (χ3v) is 18.8. The minimum atomic E-state index is -2.61. The van der Waals surface area contributed by atoms with Crippen LogP contribution in [-0.2, 0) is 4.12 Å². The van der Waals surface area contributed by atoms with Crippen LogP contribution in [0.15, 0.2) is 109 Å². The third-order valence-electron chi connectivity index (χ3n) is 8.24. The summed E-state index contributed by atoms with van der Waals surface area (Å²) in [4.78, 5) is 0. The molecule has 0 heterocycles. The Bertz CT molecular complexity index is 1480. The van der Waals surface area contributed by atoms with Gasteiger partial charge in [0.2, 0.25) is 0 Å². The van der Waals surface area contributed by atoms with Crippen LogP contribution in [0.2, 0.25) is 22.2 Å². The van der Waals surface area contributed by atoms with Crippen molar-refractivity contribution in [3.63, 3.8) is 0 Å². The van der Waals surface area contributed by atoms with E-state index in [0.717, 1.165) is 34.1 Å². The topological polar surface area (TPSA) is 27.7 Å². The zero-order chi connectivity index (χ0) is 32.5. The molecule has 0 unspecified atom stereocenters. The van der Waals surface area contributed by atoms with Crippen LogP contribution < -0.4 is 9.47 Å². The van der Waals surface area contributed by atoms with Gasteiger partial charge in [-0.05, 0) is 95.0 Å². The van der Waals surface area contributed by atoms with Gasteiger partial charge in [0.05, 0.1) is 0 Å². The van der Waals surface area contributed by atoms with Crippen molar-refractivity contribution >= 4 is 16.6 Å². The lowest BCUT2D eigenvalue weighted by Gasteiger charge is -2.44. The maximum Gasteiger partial charge on any atom is 0.268 e. The Kier molecular flexibility index (Phi) is 11.5. The summed E-state index contributed by atoms with van der Waals surface area (Å²) in [6, 6.07) is 35.7. The van der Waals surface area contributed by atoms with Crippen LogP contribution in [0.25, 0.3) is 0 Å². The number of ether oxygens (including phenoxy) is 2. The zero-order valence-electron chi connectivity index (χ0n) is 27.9. The highest BCUT2D eigenvalue weighted by atomic mass is 28.4.